The van der Waals surface area contributed by atoms with E-state index in [0.717, 1.165) is 16.8 Å². The van der Waals surface area contributed by atoms with E-state index in [1.165, 1.54) is 13.2 Å². The number of aromatic hydroxyl groups is 1. The summed E-state index contributed by atoms with van der Waals surface area (Å²) in [4.78, 5) is 33.7. The Labute approximate surface area is 161 Å². The fourth-order valence-electron chi connectivity index (χ4n) is 1.92. The molecule has 2 amide bonds. The topological polar surface area (TPSA) is 143 Å². The van der Waals surface area contributed by atoms with Crippen LogP contribution in [0.3, 0.4) is 0 Å². The van der Waals surface area contributed by atoms with Crippen LogP contribution in [0.1, 0.15) is 5.56 Å². The minimum Gasteiger partial charge on any atom is -0.500 e. The van der Waals surface area contributed by atoms with Crippen molar-refractivity contribution in [3.05, 3.63) is 56.5 Å². The first-order valence-electron chi connectivity index (χ1n) is 7.27. The average molecular weight is 437 g/mol. The van der Waals surface area contributed by atoms with Gasteiger partial charge >= 0.3 is 17.5 Å². The van der Waals surface area contributed by atoms with Crippen LogP contribution in [0.4, 0.5) is 11.4 Å². The second-order valence-corrected chi connectivity index (χ2v) is 5.92. The lowest BCUT2D eigenvalue weighted by molar-refractivity contribution is -0.386. The lowest BCUT2D eigenvalue weighted by Crippen LogP contribution is -2.32. The van der Waals surface area contributed by atoms with Crippen LogP contribution < -0.4 is 15.5 Å². The van der Waals surface area contributed by atoms with Gasteiger partial charge in [0.05, 0.1) is 18.2 Å². The molecule has 0 aromatic heterocycles. The summed E-state index contributed by atoms with van der Waals surface area (Å²) < 4.78 is 5.66. The number of phenolic OH excluding ortho intramolecular Hbond substituents is 1. The molecule has 0 aliphatic carbocycles. The van der Waals surface area contributed by atoms with Gasteiger partial charge in [0.1, 0.15) is 0 Å². The zero-order chi connectivity index (χ0) is 20.0. The van der Waals surface area contributed by atoms with Crippen LogP contribution >= 0.6 is 15.9 Å². The maximum Gasteiger partial charge on any atom is 0.329 e. The molecule has 0 saturated heterocycles. The van der Waals surface area contributed by atoms with Crippen molar-refractivity contribution in [3.8, 4) is 11.5 Å². The van der Waals surface area contributed by atoms with Crippen LogP contribution in [0, 0.1) is 10.1 Å². The Morgan fingerprint density at radius 1 is 1.26 bits per heavy atom. The van der Waals surface area contributed by atoms with Gasteiger partial charge in [0.2, 0.25) is 5.75 Å². The molecule has 10 nitrogen and oxygen atoms in total. The number of amides is 2. The molecule has 0 spiro atoms. The lowest BCUT2D eigenvalue weighted by Gasteiger charge is -2.05. The maximum atomic E-state index is 11.8. The summed E-state index contributed by atoms with van der Waals surface area (Å²) in [5.41, 5.74) is 2.00. The Bertz CT molecular complexity index is 914. The third kappa shape index (κ3) is 5.25. The SMILES string of the molecule is COc1cc(/C=N\NC(=O)C(=O)Nc2ccc(Br)cc2)cc([N+](=O)[O-])c1O. The van der Waals surface area contributed by atoms with Crippen molar-refractivity contribution in [1.82, 2.24) is 5.43 Å². The smallest absolute Gasteiger partial charge is 0.329 e. The van der Waals surface area contributed by atoms with Gasteiger partial charge in [-0.05, 0) is 30.3 Å². The number of hydrogen-bond donors (Lipinski definition) is 3. The first-order chi connectivity index (χ1) is 12.8. The van der Waals surface area contributed by atoms with E-state index in [1.54, 1.807) is 24.3 Å². The summed E-state index contributed by atoms with van der Waals surface area (Å²) >= 11 is 3.25. The number of nitrogens with zero attached hydrogens (tertiary/aromatic N) is 2. The highest BCUT2D eigenvalue weighted by atomic mass is 79.9. The molecule has 0 atom stereocenters. The Kier molecular flexibility index (Phi) is 6.44. The van der Waals surface area contributed by atoms with Gasteiger partial charge in [-0.2, -0.15) is 5.10 Å². The molecule has 11 heteroatoms. The minimum absolute atomic E-state index is 0.134. The van der Waals surface area contributed by atoms with Crippen molar-refractivity contribution in [3.63, 3.8) is 0 Å². The van der Waals surface area contributed by atoms with Crippen LogP contribution in [0.25, 0.3) is 0 Å². The van der Waals surface area contributed by atoms with E-state index in [1.807, 2.05) is 5.43 Å². The number of phenols is 1. The van der Waals surface area contributed by atoms with Crippen molar-refractivity contribution < 1.29 is 24.4 Å². The van der Waals surface area contributed by atoms with E-state index < -0.39 is 28.2 Å². The third-order valence-corrected chi connectivity index (χ3v) is 3.71. The monoisotopic (exact) mass is 436 g/mol. The summed E-state index contributed by atoms with van der Waals surface area (Å²) in [6, 6.07) is 8.89. The first kappa shape index (κ1) is 19.8. The van der Waals surface area contributed by atoms with Crippen molar-refractivity contribution in [1.29, 1.82) is 0 Å². The molecule has 2 rings (SSSR count). The van der Waals surface area contributed by atoms with E-state index in [9.17, 15) is 24.8 Å². The van der Waals surface area contributed by atoms with Gasteiger partial charge in [0.25, 0.3) is 0 Å². The number of nitro groups is 1. The van der Waals surface area contributed by atoms with Gasteiger partial charge in [-0.15, -0.1) is 0 Å². The number of carbonyl (C=O) groups excluding carboxylic acids is 2. The molecule has 0 bridgehead atoms. The summed E-state index contributed by atoms with van der Waals surface area (Å²) in [6.07, 6.45) is 1.07. The van der Waals surface area contributed by atoms with Crippen molar-refractivity contribution >= 4 is 45.3 Å². The number of ether oxygens (including phenoxy) is 1. The molecule has 3 N–H and O–H groups in total. The number of hydrogen-bond acceptors (Lipinski definition) is 7. The summed E-state index contributed by atoms with van der Waals surface area (Å²) in [5.74, 6) is -2.74. The number of anilines is 1. The van der Waals surface area contributed by atoms with E-state index in [4.69, 9.17) is 4.74 Å². The molecular formula is C16H13BrN4O6. The second kappa shape index (κ2) is 8.76. The molecule has 2 aromatic carbocycles. The van der Waals surface area contributed by atoms with E-state index in [-0.39, 0.29) is 11.3 Å². The highest BCUT2D eigenvalue weighted by Gasteiger charge is 2.19. The molecule has 0 fully saturated rings. The summed E-state index contributed by atoms with van der Waals surface area (Å²) in [5, 5.41) is 26.6. The molecule has 140 valence electrons. The molecule has 27 heavy (non-hydrogen) atoms. The van der Waals surface area contributed by atoms with Crippen molar-refractivity contribution in [2.45, 2.75) is 0 Å². The molecule has 0 radical (unpaired) electrons. The van der Waals surface area contributed by atoms with Crippen LogP contribution in [0.5, 0.6) is 11.5 Å². The number of rotatable bonds is 5. The number of methoxy groups -OCH3 is 1. The third-order valence-electron chi connectivity index (χ3n) is 3.18. The largest absolute Gasteiger partial charge is 0.500 e. The second-order valence-electron chi connectivity index (χ2n) is 5.01. The van der Waals surface area contributed by atoms with Crippen LogP contribution in [0.2, 0.25) is 0 Å². The molecule has 0 aliphatic rings. The highest BCUT2D eigenvalue weighted by molar-refractivity contribution is 9.10. The van der Waals surface area contributed by atoms with Crippen molar-refractivity contribution in [2.24, 2.45) is 5.10 Å². The van der Waals surface area contributed by atoms with Gasteiger partial charge in [-0.25, -0.2) is 5.43 Å². The van der Waals surface area contributed by atoms with Gasteiger partial charge < -0.3 is 15.2 Å². The standard InChI is InChI=1S/C16H13BrN4O6/c1-27-13-7-9(6-12(14(13)22)21(25)26)8-18-20-16(24)15(23)19-11-4-2-10(17)3-5-11/h2-8,22H,1H3,(H,19,23)(H,20,24)/b18-8-. The molecule has 0 unspecified atom stereocenters. The molecule has 2 aromatic rings. The Morgan fingerprint density at radius 3 is 2.52 bits per heavy atom. The fraction of sp³-hybridized carbons (Fsp3) is 0.0625. The minimum atomic E-state index is -1.03. The van der Waals surface area contributed by atoms with Crippen LogP contribution in [0.15, 0.2) is 46.0 Å². The van der Waals surface area contributed by atoms with Crippen LogP contribution in [-0.2, 0) is 9.59 Å². The summed E-state index contributed by atoms with van der Waals surface area (Å²) in [6.45, 7) is 0. The molecule has 0 heterocycles. The van der Waals surface area contributed by atoms with Gasteiger partial charge in [-0.3, -0.25) is 19.7 Å². The number of carbonyl (C=O) groups is 2. The zero-order valence-corrected chi connectivity index (χ0v) is 15.4. The molecule has 0 aliphatic heterocycles. The quantitative estimate of drug-likeness (QED) is 0.283. The first-order valence-corrected chi connectivity index (χ1v) is 8.06. The number of hydrazone groups is 1. The number of nitro benzene ring substituents is 1. The average Bonchev–Trinajstić information content (AvgIpc) is 2.64. The summed E-state index contributed by atoms with van der Waals surface area (Å²) in [7, 11) is 1.23. The Hall–Kier alpha value is -3.47. The van der Waals surface area contributed by atoms with Crippen molar-refractivity contribution in [2.75, 3.05) is 12.4 Å². The van der Waals surface area contributed by atoms with E-state index >= 15 is 0 Å². The predicted molar refractivity (Wildman–Crippen MR) is 99.8 cm³/mol. The molecular weight excluding hydrogens is 424 g/mol. The number of halogens is 1. The normalized spacial score (nSPS) is 10.4. The fourth-order valence-corrected chi connectivity index (χ4v) is 2.18. The predicted octanol–water partition coefficient (Wildman–Crippen LogP) is 2.16. The van der Waals surface area contributed by atoms with E-state index in [2.05, 4.69) is 26.3 Å². The van der Waals surface area contributed by atoms with Gasteiger partial charge in [0, 0.05) is 21.8 Å². The number of nitrogens with one attached hydrogen (secondary N) is 2. The van der Waals surface area contributed by atoms with E-state index in [0.29, 0.717) is 5.69 Å². The lowest BCUT2D eigenvalue weighted by atomic mass is 10.2. The maximum absolute atomic E-state index is 11.8. The van der Waals surface area contributed by atoms with Gasteiger partial charge in [-0.1, -0.05) is 15.9 Å². The Morgan fingerprint density at radius 2 is 1.93 bits per heavy atom. The van der Waals surface area contributed by atoms with Crippen LogP contribution in [-0.4, -0.2) is 35.2 Å². The Balaban J connectivity index is 2.04. The molecule has 0 saturated carbocycles. The zero-order valence-electron chi connectivity index (χ0n) is 13.8. The number of benzene rings is 2. The van der Waals surface area contributed by atoms with Gasteiger partial charge in [0.15, 0.2) is 5.75 Å². The highest BCUT2D eigenvalue weighted by Crippen LogP contribution is 2.36.